The molecule has 1 spiro atoms. The third-order valence-electron chi connectivity index (χ3n) is 7.88. The third kappa shape index (κ3) is 4.34. The average molecular weight is 499 g/mol. The molecule has 5 atom stereocenters. The lowest BCUT2D eigenvalue weighted by atomic mass is 9.70. The Hall–Kier alpha value is -2.71. The van der Waals surface area contributed by atoms with Crippen LogP contribution in [0.5, 0.6) is 0 Å². The molecule has 1 aromatic carbocycles. The van der Waals surface area contributed by atoms with E-state index in [0.29, 0.717) is 32.2 Å². The second kappa shape index (κ2) is 10.7. The molecule has 2 amide bonds. The van der Waals surface area contributed by atoms with Crippen molar-refractivity contribution in [2.24, 2.45) is 11.8 Å². The van der Waals surface area contributed by atoms with Gasteiger partial charge in [0.1, 0.15) is 11.6 Å². The van der Waals surface area contributed by atoms with E-state index < -0.39 is 35.6 Å². The van der Waals surface area contributed by atoms with Crippen LogP contribution in [-0.4, -0.2) is 71.8 Å². The lowest BCUT2D eigenvalue weighted by Gasteiger charge is -2.37. The number of aliphatic hydroxyl groups is 1. The highest BCUT2D eigenvalue weighted by Gasteiger charge is 2.75. The Labute approximate surface area is 213 Å². The van der Waals surface area contributed by atoms with E-state index >= 15 is 0 Å². The summed E-state index contributed by atoms with van der Waals surface area (Å²) in [6, 6.07) is 5.12. The van der Waals surface area contributed by atoms with E-state index in [0.717, 1.165) is 23.2 Å². The number of benzene rings is 1. The van der Waals surface area contributed by atoms with Gasteiger partial charge in [-0.25, -0.2) is 0 Å². The van der Waals surface area contributed by atoms with Crippen molar-refractivity contribution in [3.63, 3.8) is 0 Å². The number of aliphatic hydroxyl groups excluding tert-OH is 1. The Kier molecular flexibility index (Phi) is 7.85. The highest BCUT2D eigenvalue weighted by atomic mass is 16.6. The standard InChI is InChI=1S/C28H38N2O6/c1-5-14-29(20-17-18(3)10-11-19(20)4)26(33)24-28-13-12-21(36-28)22(27(34)35-6-2)23(28)25(32)30(24)15-8-7-9-16-31/h5,10-11,17,21-24,31H,1,6-9,12-16H2,2-4H3/t21-,22+,23+,24?,28?/m1/s1. The fraction of sp³-hybridized carbons (Fsp3) is 0.607. The Balaban J connectivity index is 1.75. The SMILES string of the molecule is C=CCN(C(=O)C1N(CCCCCO)C(=O)[C@@H]2[C@@H](C(=O)OCC)[C@H]3CCC12O3)c1cc(C)ccc1C. The van der Waals surface area contributed by atoms with Crippen molar-refractivity contribution in [2.45, 2.75) is 70.6 Å². The van der Waals surface area contributed by atoms with Crippen LogP contribution in [0, 0.1) is 25.7 Å². The van der Waals surface area contributed by atoms with Crippen LogP contribution in [0.15, 0.2) is 30.9 Å². The summed E-state index contributed by atoms with van der Waals surface area (Å²) >= 11 is 0. The molecule has 3 saturated heterocycles. The second-order valence-corrected chi connectivity index (χ2v) is 10.2. The van der Waals surface area contributed by atoms with Gasteiger partial charge >= 0.3 is 5.97 Å². The summed E-state index contributed by atoms with van der Waals surface area (Å²) in [7, 11) is 0. The number of carbonyl (C=O) groups is 3. The molecule has 2 bridgehead atoms. The number of hydrogen-bond donors (Lipinski definition) is 1. The number of rotatable bonds is 11. The fourth-order valence-corrected chi connectivity index (χ4v) is 6.34. The lowest BCUT2D eigenvalue weighted by Crippen LogP contribution is -2.56. The molecule has 1 N–H and O–H groups in total. The minimum atomic E-state index is -1.05. The number of unbranched alkanes of at least 4 members (excludes halogenated alkanes) is 2. The van der Waals surface area contributed by atoms with Gasteiger partial charge in [-0.05, 0) is 70.1 Å². The van der Waals surface area contributed by atoms with E-state index in [2.05, 4.69) is 6.58 Å². The molecule has 1 aromatic rings. The summed E-state index contributed by atoms with van der Waals surface area (Å²) in [5.41, 5.74) is 1.70. The zero-order valence-corrected chi connectivity index (χ0v) is 21.6. The Morgan fingerprint density at radius 1 is 1.31 bits per heavy atom. The monoisotopic (exact) mass is 498 g/mol. The number of likely N-dealkylation sites (tertiary alicyclic amines) is 1. The minimum absolute atomic E-state index is 0.0817. The zero-order valence-electron chi connectivity index (χ0n) is 21.6. The van der Waals surface area contributed by atoms with E-state index in [1.165, 1.54) is 0 Å². The van der Waals surface area contributed by atoms with Crippen molar-refractivity contribution < 1.29 is 29.0 Å². The highest BCUT2D eigenvalue weighted by Crippen LogP contribution is 2.59. The molecule has 2 unspecified atom stereocenters. The Morgan fingerprint density at radius 2 is 2.08 bits per heavy atom. The first kappa shape index (κ1) is 26.4. The largest absolute Gasteiger partial charge is 0.466 e. The quantitative estimate of drug-likeness (QED) is 0.286. The lowest BCUT2D eigenvalue weighted by molar-refractivity contribution is -0.154. The van der Waals surface area contributed by atoms with Gasteiger partial charge in [0.2, 0.25) is 5.91 Å². The number of hydrogen-bond acceptors (Lipinski definition) is 6. The van der Waals surface area contributed by atoms with Gasteiger partial charge in [-0.3, -0.25) is 14.4 Å². The number of ether oxygens (including phenoxy) is 2. The summed E-state index contributed by atoms with van der Waals surface area (Å²) in [5.74, 6) is -2.28. The zero-order chi connectivity index (χ0) is 26.0. The number of fused-ring (bicyclic) bond motifs is 1. The van der Waals surface area contributed by atoms with Crippen LogP contribution in [0.1, 0.15) is 50.2 Å². The van der Waals surface area contributed by atoms with Crippen molar-refractivity contribution >= 4 is 23.5 Å². The maximum absolute atomic E-state index is 14.4. The van der Waals surface area contributed by atoms with Crippen LogP contribution >= 0.6 is 0 Å². The van der Waals surface area contributed by atoms with Crippen molar-refractivity contribution in [1.82, 2.24) is 4.90 Å². The molecule has 36 heavy (non-hydrogen) atoms. The number of amides is 2. The first-order chi connectivity index (χ1) is 17.3. The van der Waals surface area contributed by atoms with Gasteiger partial charge < -0.3 is 24.4 Å². The molecule has 0 aromatic heterocycles. The molecule has 3 heterocycles. The van der Waals surface area contributed by atoms with Crippen LogP contribution in [0.3, 0.4) is 0 Å². The third-order valence-corrected chi connectivity index (χ3v) is 7.88. The van der Waals surface area contributed by atoms with Crippen molar-refractivity contribution in [3.05, 3.63) is 42.0 Å². The van der Waals surface area contributed by atoms with Gasteiger partial charge in [0.25, 0.3) is 5.91 Å². The van der Waals surface area contributed by atoms with E-state index in [4.69, 9.17) is 9.47 Å². The molecular weight excluding hydrogens is 460 g/mol. The van der Waals surface area contributed by atoms with Gasteiger partial charge in [-0.2, -0.15) is 0 Å². The summed E-state index contributed by atoms with van der Waals surface area (Å²) in [6.07, 6.45) is 4.44. The van der Waals surface area contributed by atoms with Crippen molar-refractivity contribution in [1.29, 1.82) is 0 Å². The summed E-state index contributed by atoms with van der Waals surface area (Å²) in [5, 5.41) is 9.20. The van der Waals surface area contributed by atoms with Crippen LogP contribution in [-0.2, 0) is 23.9 Å². The first-order valence-corrected chi connectivity index (χ1v) is 13.1. The molecule has 3 fully saturated rings. The smallest absolute Gasteiger partial charge is 0.312 e. The van der Waals surface area contributed by atoms with Crippen molar-refractivity contribution in [3.8, 4) is 0 Å². The van der Waals surface area contributed by atoms with E-state index in [9.17, 15) is 19.5 Å². The normalized spacial score (nSPS) is 28.3. The van der Waals surface area contributed by atoms with Gasteiger partial charge in [0.05, 0.1) is 24.5 Å². The molecule has 8 heteroatoms. The summed E-state index contributed by atoms with van der Waals surface area (Å²) < 4.78 is 11.8. The van der Waals surface area contributed by atoms with Crippen molar-refractivity contribution in [2.75, 3.05) is 31.2 Å². The van der Waals surface area contributed by atoms with Gasteiger partial charge in [0, 0.05) is 25.4 Å². The number of nitrogens with zero attached hydrogens (tertiary/aromatic N) is 2. The summed E-state index contributed by atoms with van der Waals surface area (Å²) in [4.78, 5) is 44.6. The van der Waals surface area contributed by atoms with Gasteiger partial charge in [-0.15, -0.1) is 6.58 Å². The fourth-order valence-electron chi connectivity index (χ4n) is 6.34. The topological polar surface area (TPSA) is 96.4 Å². The number of aryl methyl sites for hydroxylation is 2. The number of esters is 1. The van der Waals surface area contributed by atoms with Crippen LogP contribution in [0.25, 0.3) is 0 Å². The molecule has 8 nitrogen and oxygen atoms in total. The molecule has 196 valence electrons. The number of anilines is 1. The Bertz CT molecular complexity index is 1030. The van der Waals surface area contributed by atoms with E-state index in [-0.39, 0.29) is 31.6 Å². The minimum Gasteiger partial charge on any atom is -0.466 e. The molecule has 0 radical (unpaired) electrons. The summed E-state index contributed by atoms with van der Waals surface area (Å²) in [6.45, 7) is 10.5. The molecule has 4 rings (SSSR count). The van der Waals surface area contributed by atoms with Gasteiger partial charge in [0.15, 0.2) is 0 Å². The predicted molar refractivity (Wildman–Crippen MR) is 135 cm³/mol. The molecule has 3 aliphatic heterocycles. The maximum Gasteiger partial charge on any atom is 0.312 e. The Morgan fingerprint density at radius 3 is 2.78 bits per heavy atom. The maximum atomic E-state index is 14.4. The first-order valence-electron chi connectivity index (χ1n) is 13.1. The van der Waals surface area contributed by atoms with E-state index in [1.54, 1.807) is 22.8 Å². The van der Waals surface area contributed by atoms with Crippen LogP contribution in [0.4, 0.5) is 5.69 Å². The molecular formula is C28H38N2O6. The average Bonchev–Trinajstić information content (AvgIpc) is 3.49. The molecule has 3 aliphatic rings. The van der Waals surface area contributed by atoms with Crippen LogP contribution < -0.4 is 4.90 Å². The number of carbonyl (C=O) groups excluding carboxylic acids is 3. The van der Waals surface area contributed by atoms with Crippen LogP contribution in [0.2, 0.25) is 0 Å². The second-order valence-electron chi connectivity index (χ2n) is 10.2. The highest BCUT2D eigenvalue weighted by molar-refractivity contribution is 6.05. The van der Waals surface area contributed by atoms with E-state index in [1.807, 2.05) is 32.0 Å². The predicted octanol–water partition coefficient (Wildman–Crippen LogP) is 2.92. The van der Waals surface area contributed by atoms with Gasteiger partial charge in [-0.1, -0.05) is 18.2 Å². The molecule has 0 saturated carbocycles. The molecule has 0 aliphatic carbocycles.